The number of nitrogens with two attached hydrogens (primary N) is 1. The molecule has 1 amide bonds. The highest BCUT2D eigenvalue weighted by molar-refractivity contribution is 6.06. The third-order valence-electron chi connectivity index (χ3n) is 5.91. The first kappa shape index (κ1) is 23.0. The number of β-amino-alcohol motifs (C(OH)–C–C–N with tert-alkyl or cyclic N) is 1. The number of nitrogens with zero attached hydrogens (tertiary/aromatic N) is 1. The minimum atomic E-state index is -0.696. The lowest BCUT2D eigenvalue weighted by atomic mass is 9.85. The molecule has 5 heteroatoms. The summed E-state index contributed by atoms with van der Waals surface area (Å²) in [5.41, 5.74) is 10.6. The highest BCUT2D eigenvalue weighted by Crippen LogP contribution is 2.33. The number of hydrogen-bond acceptors (Lipinski definition) is 4. The zero-order valence-electron chi connectivity index (χ0n) is 19.3. The van der Waals surface area contributed by atoms with Gasteiger partial charge in [0.25, 0.3) is 5.91 Å². The number of carbonyl (C=O) groups excluding carboxylic acids is 1. The Bertz CT molecular complexity index is 969. The summed E-state index contributed by atoms with van der Waals surface area (Å²) in [5.74, 6) is -0.169. The van der Waals surface area contributed by atoms with Gasteiger partial charge in [-0.2, -0.15) is 0 Å². The lowest BCUT2D eigenvalue weighted by molar-refractivity contribution is -0.00836. The smallest absolute Gasteiger partial charge is 0.255 e. The molecule has 0 radical (unpaired) electrons. The van der Waals surface area contributed by atoms with Crippen LogP contribution >= 0.6 is 0 Å². The normalized spacial score (nSPS) is 18.2. The van der Waals surface area contributed by atoms with Gasteiger partial charge in [0, 0.05) is 24.2 Å². The van der Waals surface area contributed by atoms with Gasteiger partial charge in [-0.25, -0.2) is 0 Å². The number of hydrogen-bond donors (Lipinski definition) is 3. The maximum absolute atomic E-state index is 12.6. The molecule has 0 spiro atoms. The molecule has 1 heterocycles. The molecule has 1 fully saturated rings. The molecule has 1 aliphatic heterocycles. The molecule has 4 N–H and O–H groups in total. The van der Waals surface area contributed by atoms with Crippen LogP contribution in [0.1, 0.15) is 62.0 Å². The predicted molar refractivity (Wildman–Crippen MR) is 129 cm³/mol. The molecule has 0 unspecified atom stereocenters. The Morgan fingerprint density at radius 2 is 1.90 bits per heavy atom. The number of amides is 1. The van der Waals surface area contributed by atoms with Crippen molar-refractivity contribution in [3.63, 3.8) is 0 Å². The van der Waals surface area contributed by atoms with E-state index in [4.69, 9.17) is 5.73 Å². The number of aryl methyl sites for hydroxylation is 1. The lowest BCUT2D eigenvalue weighted by Gasteiger charge is -2.45. The van der Waals surface area contributed by atoms with Crippen molar-refractivity contribution < 1.29 is 9.90 Å². The van der Waals surface area contributed by atoms with Crippen molar-refractivity contribution in [3.05, 3.63) is 64.7 Å². The molecule has 1 aliphatic rings. The Labute approximate surface area is 186 Å². The van der Waals surface area contributed by atoms with Gasteiger partial charge in [0.2, 0.25) is 0 Å². The average molecular weight is 422 g/mol. The van der Waals surface area contributed by atoms with Crippen molar-refractivity contribution in [1.29, 1.82) is 0 Å². The summed E-state index contributed by atoms with van der Waals surface area (Å²) in [6.07, 6.45) is 4.16. The van der Waals surface area contributed by atoms with Crippen molar-refractivity contribution in [2.24, 2.45) is 0 Å². The topological polar surface area (TPSA) is 78.6 Å². The van der Waals surface area contributed by atoms with Crippen LogP contribution in [0.3, 0.4) is 0 Å². The van der Waals surface area contributed by atoms with Gasteiger partial charge in [0.1, 0.15) is 0 Å². The second-order valence-electron chi connectivity index (χ2n) is 9.89. The average Bonchev–Trinajstić information content (AvgIpc) is 2.67. The highest BCUT2D eigenvalue weighted by Gasteiger charge is 2.34. The fourth-order valence-electron chi connectivity index (χ4n) is 4.17. The number of aliphatic hydroxyl groups is 1. The maximum atomic E-state index is 12.6. The number of nitrogens with one attached hydrogen (secondary N) is 1. The molecule has 0 aliphatic carbocycles. The van der Waals surface area contributed by atoms with E-state index in [0.29, 0.717) is 23.5 Å². The van der Waals surface area contributed by atoms with E-state index in [1.54, 1.807) is 0 Å². The van der Waals surface area contributed by atoms with Gasteiger partial charge in [-0.1, -0.05) is 35.9 Å². The Hall–Kier alpha value is -2.63. The fourth-order valence-corrected chi connectivity index (χ4v) is 4.17. The first-order chi connectivity index (χ1) is 14.4. The van der Waals surface area contributed by atoms with E-state index < -0.39 is 5.60 Å². The molecule has 31 heavy (non-hydrogen) atoms. The van der Waals surface area contributed by atoms with Crippen molar-refractivity contribution in [3.8, 4) is 0 Å². The molecule has 0 atom stereocenters. The second kappa shape index (κ2) is 8.85. The minimum Gasteiger partial charge on any atom is -0.397 e. The minimum absolute atomic E-state index is 0.00233. The quantitative estimate of drug-likeness (QED) is 0.603. The van der Waals surface area contributed by atoms with E-state index in [9.17, 15) is 9.90 Å². The van der Waals surface area contributed by atoms with Gasteiger partial charge < -0.3 is 16.2 Å². The van der Waals surface area contributed by atoms with Crippen LogP contribution in [0.15, 0.2) is 48.0 Å². The van der Waals surface area contributed by atoms with Crippen LogP contribution in [0.5, 0.6) is 0 Å². The van der Waals surface area contributed by atoms with Crippen LogP contribution in [0, 0.1) is 6.92 Å². The van der Waals surface area contributed by atoms with Gasteiger partial charge in [-0.3, -0.25) is 9.69 Å². The van der Waals surface area contributed by atoms with Crippen molar-refractivity contribution in [1.82, 2.24) is 4.90 Å². The summed E-state index contributed by atoms with van der Waals surface area (Å²) in [6, 6.07) is 13.3. The van der Waals surface area contributed by atoms with Crippen LogP contribution < -0.4 is 11.1 Å². The van der Waals surface area contributed by atoms with Crippen LogP contribution in [-0.4, -0.2) is 40.1 Å². The molecule has 2 aromatic rings. The summed E-state index contributed by atoms with van der Waals surface area (Å²) in [4.78, 5) is 15.0. The molecule has 0 saturated carbocycles. The monoisotopic (exact) mass is 421 g/mol. The molecule has 2 aromatic carbocycles. The van der Waals surface area contributed by atoms with Gasteiger partial charge in [0.05, 0.1) is 17.0 Å². The van der Waals surface area contributed by atoms with Crippen LogP contribution in [0.25, 0.3) is 6.08 Å². The van der Waals surface area contributed by atoms with E-state index in [2.05, 4.69) is 30.1 Å². The first-order valence-electron chi connectivity index (χ1n) is 10.9. The predicted octanol–water partition coefficient (Wildman–Crippen LogP) is 4.86. The highest BCUT2D eigenvalue weighted by atomic mass is 16.3. The Morgan fingerprint density at radius 1 is 1.23 bits per heavy atom. The summed E-state index contributed by atoms with van der Waals surface area (Å²) in [6.45, 7) is 11.7. The molecule has 0 aromatic heterocycles. The van der Waals surface area contributed by atoms with Gasteiger partial charge >= 0.3 is 0 Å². The maximum Gasteiger partial charge on any atom is 0.255 e. The number of piperidine rings is 1. The van der Waals surface area contributed by atoms with Crippen LogP contribution in [0.4, 0.5) is 11.4 Å². The summed E-state index contributed by atoms with van der Waals surface area (Å²) in [7, 11) is 0. The standard InChI is InChI=1S/C26H35N3O2/c1-18-7-6-8-22(23(18)27)28-24(30)21-11-9-19(10-12-21)15-20-13-14-29(17-26(4,5)31)25(2,3)16-20/h6-12,15,31H,13-14,16-17,27H2,1-5H3,(H,28,30)/b20-15-. The number of anilines is 2. The lowest BCUT2D eigenvalue weighted by Crippen LogP contribution is -2.53. The summed E-state index contributed by atoms with van der Waals surface area (Å²) < 4.78 is 0. The largest absolute Gasteiger partial charge is 0.397 e. The van der Waals surface area contributed by atoms with Gasteiger partial charge in [0.15, 0.2) is 0 Å². The van der Waals surface area contributed by atoms with Gasteiger partial charge in [-0.15, -0.1) is 0 Å². The van der Waals surface area contributed by atoms with E-state index in [1.807, 2.05) is 63.2 Å². The second-order valence-corrected chi connectivity index (χ2v) is 9.89. The van der Waals surface area contributed by atoms with E-state index in [-0.39, 0.29) is 11.4 Å². The third-order valence-corrected chi connectivity index (χ3v) is 5.91. The van der Waals surface area contributed by atoms with E-state index in [1.165, 1.54) is 5.57 Å². The number of likely N-dealkylation sites (tertiary alicyclic amines) is 1. The SMILES string of the molecule is Cc1cccc(NC(=O)c2ccc(/C=C3/CCN(CC(C)(C)O)C(C)(C)C3)cc2)c1N. The number of benzene rings is 2. The number of para-hydroxylation sites is 1. The molecular weight excluding hydrogens is 386 g/mol. The number of nitrogen functional groups attached to an aromatic ring is 1. The molecule has 5 nitrogen and oxygen atoms in total. The summed E-state index contributed by atoms with van der Waals surface area (Å²) >= 11 is 0. The zero-order valence-corrected chi connectivity index (χ0v) is 19.3. The zero-order chi connectivity index (χ0) is 22.8. The summed E-state index contributed by atoms with van der Waals surface area (Å²) in [5, 5.41) is 13.1. The van der Waals surface area contributed by atoms with Crippen LogP contribution in [-0.2, 0) is 0 Å². The number of carbonyl (C=O) groups is 1. The third kappa shape index (κ3) is 5.96. The Balaban J connectivity index is 1.67. The van der Waals surface area contributed by atoms with Crippen molar-refractivity contribution in [2.45, 2.75) is 58.6 Å². The molecule has 1 saturated heterocycles. The molecule has 3 rings (SSSR count). The van der Waals surface area contributed by atoms with Crippen LogP contribution in [0.2, 0.25) is 0 Å². The Kier molecular flexibility index (Phi) is 6.58. The van der Waals surface area contributed by atoms with Crippen molar-refractivity contribution in [2.75, 3.05) is 24.1 Å². The van der Waals surface area contributed by atoms with E-state index >= 15 is 0 Å². The Morgan fingerprint density at radius 3 is 2.52 bits per heavy atom. The molecular formula is C26H35N3O2. The molecule has 0 bridgehead atoms. The first-order valence-corrected chi connectivity index (χ1v) is 10.9. The van der Waals surface area contributed by atoms with Gasteiger partial charge in [-0.05, 0) is 76.8 Å². The fraction of sp³-hybridized carbons (Fsp3) is 0.423. The van der Waals surface area contributed by atoms with Crippen molar-refractivity contribution >= 4 is 23.4 Å². The molecule has 166 valence electrons. The van der Waals surface area contributed by atoms with E-state index in [0.717, 1.165) is 30.5 Å². The number of rotatable bonds is 5.